The molecule has 2 heterocycles. The van der Waals surface area contributed by atoms with E-state index in [4.69, 9.17) is 0 Å². The topological polar surface area (TPSA) is 40.6 Å². The first-order valence-corrected chi connectivity index (χ1v) is 10.3. The van der Waals surface area contributed by atoms with Crippen LogP contribution >= 0.6 is 0 Å². The smallest absolute Gasteiger partial charge is 0.242 e. The van der Waals surface area contributed by atoms with Crippen molar-refractivity contribution in [2.75, 3.05) is 19.6 Å². The third-order valence-electron chi connectivity index (χ3n) is 6.56. The summed E-state index contributed by atoms with van der Waals surface area (Å²) in [7, 11) is 0. The monoisotopic (exact) mass is 376 g/mol. The van der Waals surface area contributed by atoms with Gasteiger partial charge in [0.2, 0.25) is 11.8 Å². The highest BCUT2D eigenvalue weighted by molar-refractivity contribution is 5.86. The Morgan fingerprint density at radius 3 is 1.96 bits per heavy atom. The van der Waals surface area contributed by atoms with Gasteiger partial charge >= 0.3 is 0 Å². The summed E-state index contributed by atoms with van der Waals surface area (Å²) in [5, 5.41) is 0. The molecule has 4 rings (SSSR count). The molecule has 0 aromatic heterocycles. The molecular formula is C24H28N2O2. The molecule has 0 saturated carbocycles. The van der Waals surface area contributed by atoms with Crippen LogP contribution < -0.4 is 0 Å². The van der Waals surface area contributed by atoms with Crippen molar-refractivity contribution in [3.63, 3.8) is 0 Å². The van der Waals surface area contributed by atoms with Gasteiger partial charge in [0.15, 0.2) is 0 Å². The standard InChI is InChI=1S/C24H28N2O2/c1-19-12-13-22(27)26(19)18-23(28)25-16-14-24(15-17-25,20-8-4-2-5-9-20)21-10-6-3-7-11-21/h2-11,19H,12-18H2,1H3/t19-/m1/s1. The van der Waals surface area contributed by atoms with E-state index in [1.54, 1.807) is 4.90 Å². The zero-order valence-electron chi connectivity index (χ0n) is 16.5. The zero-order valence-corrected chi connectivity index (χ0v) is 16.5. The van der Waals surface area contributed by atoms with Crippen LogP contribution in [0.25, 0.3) is 0 Å². The summed E-state index contributed by atoms with van der Waals surface area (Å²) in [5.41, 5.74) is 2.57. The highest BCUT2D eigenvalue weighted by atomic mass is 16.2. The van der Waals surface area contributed by atoms with Crippen molar-refractivity contribution in [2.45, 2.75) is 44.1 Å². The Labute approximate surface area is 167 Å². The molecule has 0 bridgehead atoms. The number of nitrogens with zero attached hydrogens (tertiary/aromatic N) is 2. The van der Waals surface area contributed by atoms with Gasteiger partial charge in [0.25, 0.3) is 0 Å². The van der Waals surface area contributed by atoms with Gasteiger partial charge in [-0.1, -0.05) is 60.7 Å². The summed E-state index contributed by atoms with van der Waals surface area (Å²) in [6, 6.07) is 21.5. The van der Waals surface area contributed by atoms with Crippen LogP contribution in [-0.2, 0) is 15.0 Å². The van der Waals surface area contributed by atoms with Crippen LogP contribution in [0.3, 0.4) is 0 Å². The second-order valence-corrected chi connectivity index (χ2v) is 8.10. The van der Waals surface area contributed by atoms with Crippen LogP contribution in [0.5, 0.6) is 0 Å². The molecule has 0 aliphatic carbocycles. The third-order valence-corrected chi connectivity index (χ3v) is 6.56. The maximum Gasteiger partial charge on any atom is 0.242 e. The van der Waals surface area contributed by atoms with Gasteiger partial charge in [0, 0.05) is 31.0 Å². The average molecular weight is 377 g/mol. The van der Waals surface area contributed by atoms with Gasteiger partial charge in [0.05, 0.1) is 6.54 Å². The van der Waals surface area contributed by atoms with Gasteiger partial charge < -0.3 is 9.80 Å². The molecule has 2 aliphatic rings. The lowest BCUT2D eigenvalue weighted by molar-refractivity contribution is -0.140. The Kier molecular flexibility index (Phi) is 5.21. The van der Waals surface area contributed by atoms with Crippen molar-refractivity contribution >= 4 is 11.8 Å². The van der Waals surface area contributed by atoms with E-state index in [2.05, 4.69) is 60.7 Å². The number of benzene rings is 2. The molecule has 2 saturated heterocycles. The van der Waals surface area contributed by atoms with E-state index in [0.717, 1.165) is 32.4 Å². The maximum absolute atomic E-state index is 12.9. The fourth-order valence-corrected chi connectivity index (χ4v) is 4.76. The van der Waals surface area contributed by atoms with Crippen molar-refractivity contribution in [3.8, 4) is 0 Å². The van der Waals surface area contributed by atoms with E-state index >= 15 is 0 Å². The molecule has 2 aromatic carbocycles. The summed E-state index contributed by atoms with van der Waals surface area (Å²) < 4.78 is 0. The van der Waals surface area contributed by atoms with Gasteiger partial charge in [-0.2, -0.15) is 0 Å². The Balaban J connectivity index is 1.51. The van der Waals surface area contributed by atoms with Crippen molar-refractivity contribution in [1.29, 1.82) is 0 Å². The van der Waals surface area contributed by atoms with E-state index in [1.165, 1.54) is 11.1 Å². The van der Waals surface area contributed by atoms with E-state index in [0.29, 0.717) is 6.42 Å². The number of amides is 2. The summed E-state index contributed by atoms with van der Waals surface area (Å²) in [5.74, 6) is 0.192. The number of carbonyl (C=O) groups excluding carboxylic acids is 2. The number of rotatable bonds is 4. The quantitative estimate of drug-likeness (QED) is 0.818. The number of piperidine rings is 1. The van der Waals surface area contributed by atoms with Crippen molar-refractivity contribution in [2.24, 2.45) is 0 Å². The SMILES string of the molecule is C[C@@H]1CCC(=O)N1CC(=O)N1CCC(c2ccccc2)(c2ccccc2)CC1. The van der Waals surface area contributed by atoms with Crippen LogP contribution in [0.2, 0.25) is 0 Å². The molecule has 146 valence electrons. The molecular weight excluding hydrogens is 348 g/mol. The minimum atomic E-state index is -0.0595. The first kappa shape index (κ1) is 18.7. The predicted molar refractivity (Wildman–Crippen MR) is 110 cm³/mol. The fourth-order valence-electron chi connectivity index (χ4n) is 4.76. The van der Waals surface area contributed by atoms with E-state index in [9.17, 15) is 9.59 Å². The Hall–Kier alpha value is -2.62. The van der Waals surface area contributed by atoms with Crippen LogP contribution in [0.4, 0.5) is 0 Å². The van der Waals surface area contributed by atoms with Gasteiger partial charge in [-0.05, 0) is 37.3 Å². The highest BCUT2D eigenvalue weighted by Crippen LogP contribution is 2.41. The molecule has 2 aromatic rings. The van der Waals surface area contributed by atoms with Crippen molar-refractivity contribution < 1.29 is 9.59 Å². The lowest BCUT2D eigenvalue weighted by atomic mass is 9.68. The molecule has 0 unspecified atom stereocenters. The molecule has 28 heavy (non-hydrogen) atoms. The van der Waals surface area contributed by atoms with Crippen LogP contribution in [0.1, 0.15) is 43.7 Å². The third kappa shape index (κ3) is 3.44. The normalized spacial score (nSPS) is 21.8. The number of hydrogen-bond donors (Lipinski definition) is 0. The second kappa shape index (κ2) is 7.78. The molecule has 1 atom stereocenters. The van der Waals surface area contributed by atoms with Crippen molar-refractivity contribution in [3.05, 3.63) is 71.8 Å². The van der Waals surface area contributed by atoms with E-state index < -0.39 is 0 Å². The van der Waals surface area contributed by atoms with Crippen LogP contribution in [0, 0.1) is 0 Å². The molecule has 0 radical (unpaired) electrons. The molecule has 4 heteroatoms. The lowest BCUT2D eigenvalue weighted by Gasteiger charge is -2.43. The lowest BCUT2D eigenvalue weighted by Crippen LogP contribution is -2.49. The summed E-state index contributed by atoms with van der Waals surface area (Å²) in [4.78, 5) is 28.6. The molecule has 0 spiro atoms. The average Bonchev–Trinajstić information content (AvgIpc) is 3.07. The van der Waals surface area contributed by atoms with E-state index in [1.807, 2.05) is 11.8 Å². The first-order valence-electron chi connectivity index (χ1n) is 10.3. The van der Waals surface area contributed by atoms with E-state index in [-0.39, 0.29) is 29.8 Å². The maximum atomic E-state index is 12.9. The fraction of sp³-hybridized carbons (Fsp3) is 0.417. The first-order chi connectivity index (χ1) is 13.6. The molecule has 2 fully saturated rings. The minimum absolute atomic E-state index is 0.0595. The molecule has 0 N–H and O–H groups in total. The molecule has 2 aliphatic heterocycles. The highest BCUT2D eigenvalue weighted by Gasteiger charge is 2.39. The minimum Gasteiger partial charge on any atom is -0.341 e. The predicted octanol–water partition coefficient (Wildman–Crippen LogP) is 3.61. The number of carbonyl (C=O) groups is 2. The van der Waals surface area contributed by atoms with Gasteiger partial charge in [0.1, 0.15) is 0 Å². The Bertz CT molecular complexity index is 785. The molecule has 4 nitrogen and oxygen atoms in total. The number of hydrogen-bond acceptors (Lipinski definition) is 2. The Morgan fingerprint density at radius 2 is 1.50 bits per heavy atom. The summed E-state index contributed by atoms with van der Waals surface area (Å²) in [6.45, 7) is 3.70. The molecule has 2 amide bonds. The summed E-state index contributed by atoms with van der Waals surface area (Å²) in [6.07, 6.45) is 3.23. The van der Waals surface area contributed by atoms with Gasteiger partial charge in [-0.3, -0.25) is 9.59 Å². The van der Waals surface area contributed by atoms with Gasteiger partial charge in [-0.25, -0.2) is 0 Å². The second-order valence-electron chi connectivity index (χ2n) is 8.10. The zero-order chi connectivity index (χ0) is 19.6. The van der Waals surface area contributed by atoms with Crippen LogP contribution in [0.15, 0.2) is 60.7 Å². The largest absolute Gasteiger partial charge is 0.341 e. The van der Waals surface area contributed by atoms with Crippen molar-refractivity contribution in [1.82, 2.24) is 9.80 Å². The number of likely N-dealkylation sites (tertiary alicyclic amines) is 2. The van der Waals surface area contributed by atoms with Gasteiger partial charge in [-0.15, -0.1) is 0 Å². The summed E-state index contributed by atoms with van der Waals surface area (Å²) >= 11 is 0. The van der Waals surface area contributed by atoms with Crippen LogP contribution in [-0.4, -0.2) is 47.3 Å². The Morgan fingerprint density at radius 1 is 0.964 bits per heavy atom.